The highest BCUT2D eigenvalue weighted by Crippen LogP contribution is 2.41. The third-order valence-electron chi connectivity index (χ3n) is 7.25. The molecule has 0 amide bonds. The van der Waals surface area contributed by atoms with Gasteiger partial charge in [0.1, 0.15) is 17.3 Å². The van der Waals surface area contributed by atoms with Gasteiger partial charge in [-0.1, -0.05) is 60.8 Å². The van der Waals surface area contributed by atoms with E-state index in [2.05, 4.69) is 22.1 Å². The number of carbonyl (C=O) groups excluding carboxylic acids is 2. The van der Waals surface area contributed by atoms with Crippen LogP contribution >= 0.6 is 0 Å². The lowest BCUT2D eigenvalue weighted by Gasteiger charge is -2.25. The lowest BCUT2D eigenvalue weighted by molar-refractivity contribution is -0.0500. The topological polar surface area (TPSA) is 105 Å². The molecule has 0 aromatic heterocycles. The predicted molar refractivity (Wildman–Crippen MR) is 180 cm³/mol. The summed E-state index contributed by atoms with van der Waals surface area (Å²) in [5.74, 6) is -1.56. The molecule has 0 aliphatic heterocycles. The molecule has 0 saturated heterocycles. The molecule has 0 aliphatic rings. The van der Waals surface area contributed by atoms with Crippen molar-refractivity contribution in [3.05, 3.63) is 95.8 Å². The number of rotatable bonds is 8. The maximum atomic E-state index is 14.5. The van der Waals surface area contributed by atoms with Crippen LogP contribution in [0.25, 0.3) is 22.3 Å². The minimum Gasteiger partial charge on any atom is -0.497 e. The van der Waals surface area contributed by atoms with E-state index in [4.69, 9.17) is 9.47 Å². The molecule has 0 radical (unpaired) electrons. The molecule has 0 bridgehead atoms. The normalized spacial score (nSPS) is 11.9. The molecule has 0 N–H and O–H groups in total. The summed E-state index contributed by atoms with van der Waals surface area (Å²) in [6.45, 7) is 19.2. The number of methoxy groups -OCH3 is 3. The van der Waals surface area contributed by atoms with E-state index in [1.807, 2.05) is 20.8 Å². The van der Waals surface area contributed by atoms with E-state index >= 15 is 0 Å². The molecule has 266 valence electrons. The Morgan fingerprint density at radius 1 is 0.673 bits per heavy atom. The van der Waals surface area contributed by atoms with Crippen molar-refractivity contribution in [1.29, 1.82) is 0 Å². The number of ether oxygens (including phenoxy) is 3. The Bertz CT molecular complexity index is 1850. The summed E-state index contributed by atoms with van der Waals surface area (Å²) in [5, 5.41) is 0. The zero-order chi connectivity index (χ0) is 37.7. The highest BCUT2D eigenvalue weighted by molar-refractivity contribution is 7.88. The van der Waals surface area contributed by atoms with Gasteiger partial charge < -0.3 is 18.4 Å². The number of carbonyl (C=O) groups is 2. The predicted octanol–water partition coefficient (Wildman–Crippen LogP) is 9.11. The fourth-order valence-electron chi connectivity index (χ4n) is 4.17. The van der Waals surface area contributed by atoms with Crippen molar-refractivity contribution in [3.63, 3.8) is 0 Å². The Hall–Kier alpha value is -4.65. The van der Waals surface area contributed by atoms with Crippen LogP contribution in [-0.4, -0.2) is 47.2 Å². The van der Waals surface area contributed by atoms with E-state index < -0.39 is 38.7 Å². The van der Waals surface area contributed by atoms with Gasteiger partial charge in [-0.15, -0.1) is 0 Å². The molecule has 8 nitrogen and oxygen atoms in total. The summed E-state index contributed by atoms with van der Waals surface area (Å²) in [7, 11) is -1.85. The SMILES string of the molecule is C=C(c1cc(C(=O)OC)ccc1-c1cc(OC)ccc1F)C(C)(C)C.C=C(c1cc(C(=O)OC)ccc1OS(=O)(=O)C(F)(F)F)C(C)(C)C. The zero-order valence-electron chi connectivity index (χ0n) is 28.8. The van der Waals surface area contributed by atoms with E-state index in [0.717, 1.165) is 24.8 Å². The lowest BCUT2D eigenvalue weighted by atomic mass is 9.80. The second-order valence-corrected chi connectivity index (χ2v) is 14.3. The number of alkyl halides is 3. The fourth-order valence-corrected chi connectivity index (χ4v) is 4.64. The Morgan fingerprint density at radius 3 is 1.59 bits per heavy atom. The van der Waals surface area contributed by atoms with Gasteiger partial charge in [0.15, 0.2) is 0 Å². The average molecular weight is 709 g/mol. The third kappa shape index (κ3) is 9.94. The van der Waals surface area contributed by atoms with Crippen molar-refractivity contribution < 1.29 is 54.0 Å². The second-order valence-electron chi connectivity index (χ2n) is 12.7. The van der Waals surface area contributed by atoms with Crippen molar-refractivity contribution >= 4 is 33.2 Å². The van der Waals surface area contributed by atoms with E-state index in [9.17, 15) is 35.6 Å². The molecule has 0 heterocycles. The monoisotopic (exact) mass is 708 g/mol. The number of esters is 2. The van der Waals surface area contributed by atoms with Crippen LogP contribution < -0.4 is 8.92 Å². The maximum absolute atomic E-state index is 14.5. The van der Waals surface area contributed by atoms with Gasteiger partial charge in [0.2, 0.25) is 0 Å². The van der Waals surface area contributed by atoms with Gasteiger partial charge in [0, 0.05) is 11.1 Å². The van der Waals surface area contributed by atoms with E-state index in [1.165, 1.54) is 26.4 Å². The van der Waals surface area contributed by atoms with Crippen molar-refractivity contribution in [2.75, 3.05) is 21.3 Å². The first-order chi connectivity index (χ1) is 22.4. The number of hydrogen-bond donors (Lipinski definition) is 0. The van der Waals surface area contributed by atoms with E-state index in [-0.39, 0.29) is 22.4 Å². The highest BCUT2D eigenvalue weighted by atomic mass is 32.2. The van der Waals surface area contributed by atoms with Gasteiger partial charge in [-0.2, -0.15) is 21.6 Å². The van der Waals surface area contributed by atoms with Gasteiger partial charge in [-0.3, -0.25) is 0 Å². The average Bonchev–Trinajstić information content (AvgIpc) is 3.02. The smallest absolute Gasteiger partial charge is 0.497 e. The van der Waals surface area contributed by atoms with Gasteiger partial charge in [0.05, 0.1) is 32.5 Å². The molecule has 3 aromatic carbocycles. The second kappa shape index (κ2) is 15.3. The molecular weight excluding hydrogens is 668 g/mol. The fraction of sp³-hybridized carbons (Fsp3) is 0.333. The molecule has 13 heteroatoms. The van der Waals surface area contributed by atoms with Crippen LogP contribution in [0.5, 0.6) is 11.5 Å². The lowest BCUT2D eigenvalue weighted by Crippen LogP contribution is -2.28. The Balaban J connectivity index is 0.000000341. The molecule has 0 atom stereocenters. The summed E-state index contributed by atoms with van der Waals surface area (Å²) in [6.07, 6.45) is 0. The minimum atomic E-state index is -5.85. The van der Waals surface area contributed by atoms with Gasteiger partial charge in [0.25, 0.3) is 0 Å². The number of benzene rings is 3. The summed E-state index contributed by atoms with van der Waals surface area (Å²) < 4.78 is 93.4. The van der Waals surface area contributed by atoms with Crippen molar-refractivity contribution in [2.24, 2.45) is 10.8 Å². The van der Waals surface area contributed by atoms with Crippen molar-refractivity contribution in [2.45, 2.75) is 47.1 Å². The molecular formula is C36H40F4O8S. The molecule has 49 heavy (non-hydrogen) atoms. The summed E-state index contributed by atoms with van der Waals surface area (Å²) in [4.78, 5) is 23.5. The van der Waals surface area contributed by atoms with Crippen LogP contribution in [0.1, 0.15) is 73.4 Å². The van der Waals surface area contributed by atoms with Crippen LogP contribution in [-0.2, 0) is 19.6 Å². The van der Waals surface area contributed by atoms with Crippen molar-refractivity contribution in [1.82, 2.24) is 0 Å². The molecule has 3 aromatic rings. The summed E-state index contributed by atoms with van der Waals surface area (Å²) in [6, 6.07) is 12.9. The van der Waals surface area contributed by atoms with Gasteiger partial charge in [-0.25, -0.2) is 14.0 Å². The van der Waals surface area contributed by atoms with Crippen LogP contribution in [0.4, 0.5) is 17.6 Å². The zero-order valence-corrected chi connectivity index (χ0v) is 29.6. The Morgan fingerprint density at radius 2 is 1.14 bits per heavy atom. The summed E-state index contributed by atoms with van der Waals surface area (Å²) in [5.41, 5.74) is -3.19. The summed E-state index contributed by atoms with van der Waals surface area (Å²) >= 11 is 0. The quantitative estimate of drug-likeness (QED) is 0.0988. The van der Waals surface area contributed by atoms with Crippen LogP contribution in [0.2, 0.25) is 0 Å². The first kappa shape index (κ1) is 40.5. The highest BCUT2D eigenvalue weighted by Gasteiger charge is 2.49. The Kier molecular flexibility index (Phi) is 12.6. The first-order valence-electron chi connectivity index (χ1n) is 14.6. The van der Waals surface area contributed by atoms with Crippen LogP contribution in [0, 0.1) is 16.6 Å². The van der Waals surface area contributed by atoms with Crippen LogP contribution in [0.15, 0.2) is 67.8 Å². The van der Waals surface area contributed by atoms with Gasteiger partial charge >= 0.3 is 27.6 Å². The Labute approximate surface area is 284 Å². The van der Waals surface area contributed by atoms with Crippen molar-refractivity contribution in [3.8, 4) is 22.6 Å². The number of allylic oxidation sites excluding steroid dienone is 2. The molecule has 0 saturated carbocycles. The molecule has 0 spiro atoms. The standard InChI is InChI=1S/C21H23FO3.C15H17F3O5S/c1-13(21(2,3)4)17-11-14(20(23)25-6)7-9-16(17)18-12-15(24-5)8-10-19(18)22;1-9(14(2,3)4)11-8-10(13(19)22-5)6-7-12(11)23-24(20,21)15(16,17)18/h7-12H,1H2,2-6H3;6-8H,1H2,2-5H3. The maximum Gasteiger partial charge on any atom is 0.534 e. The first-order valence-corrected chi connectivity index (χ1v) is 16.0. The van der Waals surface area contributed by atoms with Crippen LogP contribution in [0.3, 0.4) is 0 Å². The van der Waals surface area contributed by atoms with E-state index in [1.54, 1.807) is 51.1 Å². The third-order valence-corrected chi connectivity index (χ3v) is 8.21. The minimum absolute atomic E-state index is 0.0228. The largest absolute Gasteiger partial charge is 0.534 e. The van der Waals surface area contributed by atoms with E-state index in [0.29, 0.717) is 33.6 Å². The molecule has 0 unspecified atom stereocenters. The molecule has 0 aliphatic carbocycles. The number of halogens is 4. The molecule has 3 rings (SSSR count). The van der Waals surface area contributed by atoms with Gasteiger partial charge in [-0.05, 0) is 81.6 Å². The molecule has 0 fully saturated rings. The number of hydrogen-bond acceptors (Lipinski definition) is 8.